The van der Waals surface area contributed by atoms with E-state index in [0.717, 1.165) is 0 Å². The van der Waals surface area contributed by atoms with E-state index in [9.17, 15) is 0 Å². The summed E-state index contributed by atoms with van der Waals surface area (Å²) in [6.45, 7) is 8.20. The predicted octanol–water partition coefficient (Wildman–Crippen LogP) is 13.6. The van der Waals surface area contributed by atoms with Gasteiger partial charge < -0.3 is 0 Å². The molecule has 0 bridgehead atoms. The molecule has 9 aromatic rings. The number of fused-ring (bicyclic) bond motifs is 4. The quantitative estimate of drug-likeness (QED) is 0.164. The molecule has 9 rings (SSSR count). The van der Waals surface area contributed by atoms with Gasteiger partial charge in [0.15, 0.2) is 0 Å². The summed E-state index contributed by atoms with van der Waals surface area (Å²) in [5.41, 5.74) is 9.97. The molecule has 0 aliphatic carbocycles. The van der Waals surface area contributed by atoms with Crippen LogP contribution in [0.1, 0.15) is 27.7 Å². The molecule has 52 heavy (non-hydrogen) atoms. The fourth-order valence-electron chi connectivity index (χ4n) is 7.95. The van der Waals surface area contributed by atoms with Crippen molar-refractivity contribution in [1.82, 2.24) is 0 Å². The molecule has 0 atom stereocenters. The van der Waals surface area contributed by atoms with Crippen LogP contribution in [-0.2, 0) is 0 Å². The van der Waals surface area contributed by atoms with Crippen LogP contribution >= 0.6 is 0 Å². The van der Waals surface area contributed by atoms with Gasteiger partial charge in [0, 0.05) is 0 Å². The molecule has 0 aromatic heterocycles. The van der Waals surface area contributed by atoms with Gasteiger partial charge in [0.2, 0.25) is 0 Å². The fourth-order valence-corrected chi connectivity index (χ4v) is 7.95. The predicted molar refractivity (Wildman–Crippen MR) is 229 cm³/mol. The lowest BCUT2D eigenvalue weighted by Gasteiger charge is -2.20. The van der Waals surface area contributed by atoms with Gasteiger partial charge in [-0.25, -0.2) is 0 Å². The van der Waals surface area contributed by atoms with Crippen LogP contribution in [0.3, 0.4) is 0 Å². The fraction of sp³-hybridized carbons (Fsp3) is 0.0769. The summed E-state index contributed by atoms with van der Waals surface area (Å²) in [6, 6.07) is 62.8. The van der Waals surface area contributed by atoms with Crippen molar-refractivity contribution in [3.05, 3.63) is 180 Å². The summed E-state index contributed by atoms with van der Waals surface area (Å²) in [4.78, 5) is 0. The van der Waals surface area contributed by atoms with E-state index < -0.39 is 0 Å². The second kappa shape index (κ2) is 14.2. The lowest BCUT2D eigenvalue weighted by molar-refractivity contribution is 1.48. The highest BCUT2D eigenvalue weighted by molar-refractivity contribution is 6.25. The third kappa shape index (κ3) is 5.67. The molecule has 250 valence electrons. The van der Waals surface area contributed by atoms with Gasteiger partial charge in [0.1, 0.15) is 0 Å². The average molecular weight is 667 g/mol. The van der Waals surface area contributed by atoms with Gasteiger partial charge in [0.25, 0.3) is 0 Å². The standard InChI is InChI=1S/C50H36.C2H6/c1-3-33-23-28-39(31-34(33)4-2)35-24-26-36(27-25-35)40-29-30-47-48(32-40)50(44-22-12-16-38-14-6-8-18-42(38)44)46-20-10-9-19-45(46)49(47)43-21-11-15-37-13-5-7-17-41(37)43;1-2/h3-32H,1-2H3;1-2H3/b33-3-,34-4-;. The van der Waals surface area contributed by atoms with Crippen molar-refractivity contribution in [2.24, 2.45) is 0 Å². The molecule has 0 radical (unpaired) electrons. The Hall–Kier alpha value is -6.24. The van der Waals surface area contributed by atoms with E-state index in [-0.39, 0.29) is 0 Å². The Kier molecular flexibility index (Phi) is 8.98. The summed E-state index contributed by atoms with van der Waals surface area (Å²) in [5, 5.41) is 12.6. The van der Waals surface area contributed by atoms with Crippen molar-refractivity contribution >= 4 is 55.2 Å². The van der Waals surface area contributed by atoms with Crippen molar-refractivity contribution in [3.8, 4) is 44.5 Å². The van der Waals surface area contributed by atoms with Gasteiger partial charge >= 0.3 is 0 Å². The van der Waals surface area contributed by atoms with Gasteiger partial charge in [-0.1, -0.05) is 184 Å². The summed E-state index contributed by atoms with van der Waals surface area (Å²) >= 11 is 0. The Morgan fingerprint density at radius 1 is 0.308 bits per heavy atom. The molecule has 0 N–H and O–H groups in total. The zero-order valence-corrected chi connectivity index (χ0v) is 30.3. The Bertz CT molecular complexity index is 2860. The molecule has 0 fully saturated rings. The molecular weight excluding hydrogens is 625 g/mol. The third-order valence-corrected chi connectivity index (χ3v) is 10.4. The summed E-state index contributed by atoms with van der Waals surface area (Å²) in [6.07, 6.45) is 4.36. The molecule has 0 spiro atoms. The molecule has 0 heteroatoms. The highest BCUT2D eigenvalue weighted by Crippen LogP contribution is 2.47. The van der Waals surface area contributed by atoms with Gasteiger partial charge in [0.05, 0.1) is 0 Å². The van der Waals surface area contributed by atoms with E-state index >= 15 is 0 Å². The van der Waals surface area contributed by atoms with E-state index in [4.69, 9.17) is 0 Å². The third-order valence-electron chi connectivity index (χ3n) is 10.4. The van der Waals surface area contributed by atoms with Crippen LogP contribution in [0, 0.1) is 0 Å². The van der Waals surface area contributed by atoms with Gasteiger partial charge in [-0.2, -0.15) is 0 Å². The zero-order chi connectivity index (χ0) is 35.6. The summed E-state index contributed by atoms with van der Waals surface area (Å²) in [5.74, 6) is 0. The smallest absolute Gasteiger partial charge is 0.00199 e. The molecular formula is C52H42. The molecule has 0 saturated heterocycles. The maximum atomic E-state index is 2.43. The van der Waals surface area contributed by atoms with Crippen molar-refractivity contribution in [1.29, 1.82) is 0 Å². The lowest BCUT2D eigenvalue weighted by atomic mass is 9.83. The molecule has 0 amide bonds. The van der Waals surface area contributed by atoms with Crippen LogP contribution in [0.15, 0.2) is 170 Å². The van der Waals surface area contributed by atoms with E-state index in [1.165, 1.54) is 98.0 Å². The first kappa shape index (κ1) is 32.9. The molecule has 0 aliphatic heterocycles. The zero-order valence-electron chi connectivity index (χ0n) is 30.3. The SMILES string of the molecule is C/C=c1/ccc(-c2ccc(-c3ccc4c(-c5cccc6ccccc56)c5ccccc5c(-c5cccc6ccccc56)c4c3)cc2)c/c1=C/C.CC. The Labute approximate surface area is 306 Å². The van der Waals surface area contributed by atoms with Crippen molar-refractivity contribution in [3.63, 3.8) is 0 Å². The molecule has 0 saturated carbocycles. The normalized spacial score (nSPS) is 12.1. The minimum absolute atomic E-state index is 1.21. The lowest BCUT2D eigenvalue weighted by Crippen LogP contribution is -2.23. The van der Waals surface area contributed by atoms with Gasteiger partial charge in [-0.3, -0.25) is 0 Å². The van der Waals surface area contributed by atoms with Crippen LogP contribution < -0.4 is 10.4 Å². The van der Waals surface area contributed by atoms with Crippen LogP contribution in [0.5, 0.6) is 0 Å². The minimum atomic E-state index is 1.21. The highest BCUT2D eigenvalue weighted by atomic mass is 14.2. The van der Waals surface area contributed by atoms with Crippen molar-refractivity contribution in [2.75, 3.05) is 0 Å². The first-order valence-corrected chi connectivity index (χ1v) is 18.5. The number of hydrogen-bond acceptors (Lipinski definition) is 0. The number of rotatable bonds is 4. The van der Waals surface area contributed by atoms with Gasteiger partial charge in [-0.15, -0.1) is 0 Å². The topological polar surface area (TPSA) is 0 Å². The van der Waals surface area contributed by atoms with Crippen molar-refractivity contribution < 1.29 is 0 Å². The minimum Gasteiger partial charge on any atom is -0.0798 e. The highest BCUT2D eigenvalue weighted by Gasteiger charge is 2.20. The summed E-state index contributed by atoms with van der Waals surface area (Å²) in [7, 11) is 0. The van der Waals surface area contributed by atoms with E-state index in [2.05, 4.69) is 196 Å². The van der Waals surface area contributed by atoms with E-state index in [0.29, 0.717) is 0 Å². The largest absolute Gasteiger partial charge is 0.0798 e. The Balaban J connectivity index is 0.00000190. The maximum absolute atomic E-state index is 2.43. The summed E-state index contributed by atoms with van der Waals surface area (Å²) < 4.78 is 0. The average Bonchev–Trinajstić information content (AvgIpc) is 3.23. The van der Waals surface area contributed by atoms with E-state index in [1.807, 2.05) is 13.8 Å². The first-order valence-electron chi connectivity index (χ1n) is 18.5. The molecule has 0 nitrogen and oxygen atoms in total. The molecule has 0 aliphatic rings. The van der Waals surface area contributed by atoms with Crippen molar-refractivity contribution in [2.45, 2.75) is 27.7 Å². The second-order valence-corrected chi connectivity index (χ2v) is 13.1. The molecule has 0 heterocycles. The van der Waals surface area contributed by atoms with E-state index in [1.54, 1.807) is 0 Å². The maximum Gasteiger partial charge on any atom is -0.00199 e. The van der Waals surface area contributed by atoms with Crippen LogP contribution in [0.2, 0.25) is 0 Å². The number of benzene rings is 9. The molecule has 0 unspecified atom stereocenters. The monoisotopic (exact) mass is 666 g/mol. The first-order chi connectivity index (χ1) is 25.7. The van der Waals surface area contributed by atoms with Crippen LogP contribution in [0.4, 0.5) is 0 Å². The second-order valence-electron chi connectivity index (χ2n) is 13.1. The number of hydrogen-bond donors (Lipinski definition) is 0. The Morgan fingerprint density at radius 2 is 0.712 bits per heavy atom. The van der Waals surface area contributed by atoms with Gasteiger partial charge in [-0.05, 0) is 124 Å². The van der Waals surface area contributed by atoms with Crippen LogP contribution in [0.25, 0.3) is 99.7 Å². The Morgan fingerprint density at radius 3 is 1.25 bits per heavy atom. The molecule has 9 aromatic carbocycles. The van der Waals surface area contributed by atoms with Crippen LogP contribution in [-0.4, -0.2) is 0 Å².